The van der Waals surface area contributed by atoms with E-state index in [4.69, 9.17) is 9.05 Å². The molecule has 9 heteroatoms. The Bertz CT molecular complexity index is 1440. The van der Waals surface area contributed by atoms with Crippen LogP contribution in [0.5, 0.6) is 0 Å². The van der Waals surface area contributed by atoms with Crippen LogP contribution in [0.25, 0.3) is 0 Å². The molecule has 472 valence electrons. The summed E-state index contributed by atoms with van der Waals surface area (Å²) in [6.07, 6.45) is 84.1. The van der Waals surface area contributed by atoms with Gasteiger partial charge >= 0.3 is 7.82 Å². The second-order valence-corrected chi connectivity index (χ2v) is 26.7. The van der Waals surface area contributed by atoms with Crippen molar-refractivity contribution in [2.24, 2.45) is 0 Å². The van der Waals surface area contributed by atoms with Gasteiger partial charge in [0.05, 0.1) is 39.9 Å². The second kappa shape index (κ2) is 62.0. The van der Waals surface area contributed by atoms with Crippen LogP contribution in [0.4, 0.5) is 0 Å². The Balaban J connectivity index is 3.99. The van der Waals surface area contributed by atoms with Crippen LogP contribution in [0.15, 0.2) is 48.6 Å². The molecule has 0 aliphatic heterocycles. The molecule has 1 amide bonds. The minimum atomic E-state index is -4.36. The van der Waals surface area contributed by atoms with Gasteiger partial charge in [-0.2, -0.15) is 0 Å². The van der Waals surface area contributed by atoms with Crippen LogP contribution in [0.1, 0.15) is 348 Å². The summed E-state index contributed by atoms with van der Waals surface area (Å²) in [5.41, 5.74) is 0. The van der Waals surface area contributed by atoms with Gasteiger partial charge in [-0.15, -0.1) is 0 Å². The normalized spacial score (nSPS) is 13.9. The number of unbranched alkanes of at least 4 members (excludes halogenated alkanes) is 46. The number of amides is 1. The van der Waals surface area contributed by atoms with E-state index in [-0.39, 0.29) is 19.1 Å². The number of nitrogens with zero attached hydrogens (tertiary/aromatic N) is 1. The van der Waals surface area contributed by atoms with Crippen LogP contribution in [-0.4, -0.2) is 73.4 Å². The number of carbonyl (C=O) groups is 1. The molecule has 80 heavy (non-hydrogen) atoms. The average Bonchev–Trinajstić information content (AvgIpc) is 3.42. The maximum absolute atomic E-state index is 13.0. The van der Waals surface area contributed by atoms with Gasteiger partial charge in [0.2, 0.25) is 5.91 Å². The van der Waals surface area contributed by atoms with Crippen LogP contribution in [0, 0.1) is 0 Å². The summed E-state index contributed by atoms with van der Waals surface area (Å²) in [5, 5.41) is 14.0. The number of aliphatic hydroxyl groups is 1. The van der Waals surface area contributed by atoms with Crippen molar-refractivity contribution in [1.29, 1.82) is 0 Å². The quantitative estimate of drug-likeness (QED) is 0.0243. The fourth-order valence-corrected chi connectivity index (χ4v) is 11.3. The molecule has 0 aliphatic carbocycles. The van der Waals surface area contributed by atoms with Gasteiger partial charge in [-0.25, -0.2) is 4.57 Å². The van der Waals surface area contributed by atoms with Gasteiger partial charge < -0.3 is 19.8 Å². The summed E-state index contributed by atoms with van der Waals surface area (Å²) < 4.78 is 23.8. The summed E-state index contributed by atoms with van der Waals surface area (Å²) in [7, 11) is 1.57. The molecule has 8 nitrogen and oxygen atoms in total. The average molecular weight is 1150 g/mol. The predicted octanol–water partition coefficient (Wildman–Crippen LogP) is 22.2. The number of aliphatic hydroxyl groups excluding tert-OH is 1. The van der Waals surface area contributed by atoms with Gasteiger partial charge in [-0.05, 0) is 64.2 Å². The molecule has 0 aliphatic rings. The highest BCUT2D eigenvalue weighted by atomic mass is 31.2. The molecule has 3 atom stereocenters. The zero-order chi connectivity index (χ0) is 58.4. The minimum absolute atomic E-state index is 0.0576. The van der Waals surface area contributed by atoms with Crippen molar-refractivity contribution in [2.75, 3.05) is 40.9 Å². The van der Waals surface area contributed by atoms with Crippen molar-refractivity contribution in [3.05, 3.63) is 48.6 Å². The van der Waals surface area contributed by atoms with Gasteiger partial charge in [0, 0.05) is 6.42 Å². The lowest BCUT2D eigenvalue weighted by atomic mass is 10.0. The van der Waals surface area contributed by atoms with E-state index in [1.54, 1.807) is 6.08 Å². The zero-order valence-corrected chi connectivity index (χ0v) is 55.0. The van der Waals surface area contributed by atoms with Crippen molar-refractivity contribution in [3.63, 3.8) is 0 Å². The lowest BCUT2D eigenvalue weighted by molar-refractivity contribution is -0.870. The second-order valence-electron chi connectivity index (χ2n) is 25.3. The van der Waals surface area contributed by atoms with E-state index in [0.717, 1.165) is 44.9 Å². The van der Waals surface area contributed by atoms with Crippen molar-refractivity contribution in [1.82, 2.24) is 5.32 Å². The SMILES string of the molecule is CCCCCCC/C=C\C/C=C\CCCCCCCCCCCCCCCCCCCCCCCCCCCC(=O)NC(COP(=O)(O)OCC[N+](C)(C)C)C(O)/C=C/CC/C=C/CCCCCCCCCCCCCCCCC. The predicted molar refractivity (Wildman–Crippen MR) is 351 cm³/mol. The van der Waals surface area contributed by atoms with E-state index in [9.17, 15) is 19.4 Å². The maximum atomic E-state index is 13.0. The molecule has 3 unspecified atom stereocenters. The molecule has 0 fully saturated rings. The molecule has 0 bridgehead atoms. The molecule has 0 radical (unpaired) electrons. The molecule has 0 aromatic heterocycles. The third-order valence-electron chi connectivity index (χ3n) is 16.0. The number of hydrogen-bond acceptors (Lipinski definition) is 5. The Labute approximate surface area is 499 Å². The Hall–Kier alpha value is -1.54. The highest BCUT2D eigenvalue weighted by Gasteiger charge is 2.28. The summed E-state index contributed by atoms with van der Waals surface area (Å²) in [5.74, 6) is -0.180. The first kappa shape index (κ1) is 78.5. The molecule has 0 saturated carbocycles. The smallest absolute Gasteiger partial charge is 0.387 e. The molecule has 0 heterocycles. The van der Waals surface area contributed by atoms with Crippen LogP contribution in [-0.2, 0) is 18.4 Å². The van der Waals surface area contributed by atoms with E-state index >= 15 is 0 Å². The molecule has 0 saturated heterocycles. The van der Waals surface area contributed by atoms with E-state index in [2.05, 4.69) is 55.6 Å². The van der Waals surface area contributed by atoms with Gasteiger partial charge in [-0.3, -0.25) is 13.8 Å². The Morgan fingerprint density at radius 2 is 0.725 bits per heavy atom. The van der Waals surface area contributed by atoms with E-state index < -0.39 is 20.0 Å². The first-order valence-corrected chi connectivity index (χ1v) is 36.5. The summed E-state index contributed by atoms with van der Waals surface area (Å²) in [4.78, 5) is 23.4. The van der Waals surface area contributed by atoms with Gasteiger partial charge in [0.15, 0.2) is 0 Å². The number of quaternary nitrogens is 1. The van der Waals surface area contributed by atoms with Crippen LogP contribution < -0.4 is 5.32 Å². The first-order valence-electron chi connectivity index (χ1n) is 35.0. The maximum Gasteiger partial charge on any atom is 0.472 e. The molecule has 0 aromatic rings. The number of likely N-dealkylation sites (N-methyl/N-ethyl adjacent to an activating group) is 1. The molecule has 0 aromatic carbocycles. The Morgan fingerprint density at radius 3 is 1.07 bits per heavy atom. The monoisotopic (exact) mass is 1150 g/mol. The van der Waals surface area contributed by atoms with Crippen LogP contribution in [0.3, 0.4) is 0 Å². The lowest BCUT2D eigenvalue weighted by Gasteiger charge is -2.25. The standard InChI is InChI=1S/C71H137N2O6P/c1-6-8-10-12-14-16-18-20-22-24-26-28-29-30-31-32-33-34-35-36-37-38-39-40-41-42-43-45-47-49-51-53-55-57-59-61-63-65-71(75)72-69(68-79-80(76,77)78-67-66-73(3,4)5)70(74)64-62-60-58-56-54-52-50-48-46-44-27-25-23-21-19-17-15-13-11-9-7-2/h18,20,24,26,54,56,62,64,69-70,74H,6-17,19,21-23,25,27-53,55,57-61,63,65-68H2,1-5H3,(H-,72,75,76,77)/p+1/b20-18-,26-24-,56-54+,64-62+. The highest BCUT2D eigenvalue weighted by Crippen LogP contribution is 2.43. The number of hydrogen-bond donors (Lipinski definition) is 3. The van der Waals surface area contributed by atoms with E-state index in [1.807, 2.05) is 27.2 Å². The highest BCUT2D eigenvalue weighted by molar-refractivity contribution is 7.47. The zero-order valence-electron chi connectivity index (χ0n) is 54.1. The lowest BCUT2D eigenvalue weighted by Crippen LogP contribution is -2.45. The van der Waals surface area contributed by atoms with Crippen molar-refractivity contribution < 1.29 is 32.9 Å². The van der Waals surface area contributed by atoms with E-state index in [1.165, 1.54) is 283 Å². The topological polar surface area (TPSA) is 105 Å². The van der Waals surface area contributed by atoms with Crippen molar-refractivity contribution >= 4 is 13.7 Å². The Kier molecular flexibility index (Phi) is 60.8. The first-order chi connectivity index (χ1) is 39.0. The van der Waals surface area contributed by atoms with E-state index in [0.29, 0.717) is 17.4 Å². The summed E-state index contributed by atoms with van der Waals surface area (Å²) >= 11 is 0. The molecule has 3 N–H and O–H groups in total. The summed E-state index contributed by atoms with van der Waals surface area (Å²) in [6.45, 7) is 4.83. The number of allylic oxidation sites excluding steroid dienone is 7. The largest absolute Gasteiger partial charge is 0.472 e. The fraction of sp³-hybridized carbons (Fsp3) is 0.873. The third-order valence-corrected chi connectivity index (χ3v) is 17.0. The number of carbonyl (C=O) groups excluding carboxylic acids is 1. The number of phosphoric ester groups is 1. The number of nitrogens with one attached hydrogen (secondary N) is 1. The number of rotatable bonds is 65. The minimum Gasteiger partial charge on any atom is -0.387 e. The fourth-order valence-electron chi connectivity index (χ4n) is 10.6. The number of phosphoric acid groups is 1. The van der Waals surface area contributed by atoms with Gasteiger partial charge in [-0.1, -0.05) is 326 Å². The van der Waals surface area contributed by atoms with Crippen molar-refractivity contribution in [3.8, 4) is 0 Å². The Morgan fingerprint density at radius 1 is 0.425 bits per heavy atom. The van der Waals surface area contributed by atoms with Gasteiger partial charge in [0.25, 0.3) is 0 Å². The van der Waals surface area contributed by atoms with Gasteiger partial charge in [0.1, 0.15) is 13.2 Å². The van der Waals surface area contributed by atoms with Crippen LogP contribution in [0.2, 0.25) is 0 Å². The summed E-state index contributed by atoms with van der Waals surface area (Å²) in [6, 6.07) is -0.863. The third kappa shape index (κ3) is 64.0. The van der Waals surface area contributed by atoms with Crippen LogP contribution >= 0.6 is 7.82 Å². The molecular weight excluding hydrogens is 1010 g/mol. The molecule has 0 rings (SSSR count). The molecule has 0 spiro atoms. The molecular formula is C71H138N2O6P+. The van der Waals surface area contributed by atoms with Crippen molar-refractivity contribution in [2.45, 2.75) is 360 Å².